The number of nitrogens with zero attached hydrogens (tertiary/aromatic N) is 2. The second-order valence-electron chi connectivity index (χ2n) is 2.54. The lowest BCUT2D eigenvalue weighted by molar-refractivity contribution is 0.173. The largest absolute Gasteiger partial charge is 0.385 e. The first-order chi connectivity index (χ1) is 5.24. The third-order valence-electron chi connectivity index (χ3n) is 1.46. The summed E-state index contributed by atoms with van der Waals surface area (Å²) in [5.41, 5.74) is 0.710. The summed E-state index contributed by atoms with van der Waals surface area (Å²) in [7, 11) is 3.68. The minimum atomic E-state index is -0.499. The fraction of sp³-hybridized carbons (Fsp3) is 0.571. The zero-order chi connectivity index (χ0) is 8.27. The van der Waals surface area contributed by atoms with E-state index in [-0.39, 0.29) is 0 Å². The second-order valence-corrected chi connectivity index (χ2v) is 2.54. The van der Waals surface area contributed by atoms with E-state index in [9.17, 15) is 5.11 Å². The Labute approximate surface area is 65.9 Å². The minimum absolute atomic E-state index is 0.499. The summed E-state index contributed by atoms with van der Waals surface area (Å²) in [6.07, 6.45) is 2.98. The molecule has 1 rings (SSSR count). The van der Waals surface area contributed by atoms with Crippen LogP contribution in [0.1, 0.15) is 11.8 Å². The summed E-state index contributed by atoms with van der Waals surface area (Å²) >= 11 is 0. The Bertz CT molecular complexity index is 221. The molecule has 0 aliphatic carbocycles. The Balaban J connectivity index is 2.60. The highest BCUT2D eigenvalue weighted by Crippen LogP contribution is 2.06. The van der Waals surface area contributed by atoms with E-state index < -0.39 is 6.10 Å². The zero-order valence-corrected chi connectivity index (χ0v) is 6.78. The van der Waals surface area contributed by atoms with Crippen molar-refractivity contribution >= 4 is 0 Å². The van der Waals surface area contributed by atoms with Gasteiger partial charge in [-0.3, -0.25) is 0 Å². The fourth-order valence-corrected chi connectivity index (χ4v) is 0.903. The standard InChI is InChI=1S/C7H13N3O/c1-8-3-7(11)6-4-10(2)5-9-6/h4-5,7-8,11H,3H2,1-2H3. The molecule has 0 bridgehead atoms. The smallest absolute Gasteiger partial charge is 0.110 e. The van der Waals surface area contributed by atoms with Crippen molar-refractivity contribution in [1.29, 1.82) is 0 Å². The van der Waals surface area contributed by atoms with Crippen molar-refractivity contribution in [2.45, 2.75) is 6.10 Å². The number of aryl methyl sites for hydroxylation is 1. The molecule has 0 aliphatic rings. The van der Waals surface area contributed by atoms with Crippen LogP contribution in [0.15, 0.2) is 12.5 Å². The van der Waals surface area contributed by atoms with Crippen LogP contribution in [0.4, 0.5) is 0 Å². The van der Waals surface area contributed by atoms with Gasteiger partial charge in [0.2, 0.25) is 0 Å². The number of aliphatic hydroxyl groups excluding tert-OH is 1. The molecule has 4 heteroatoms. The molecule has 11 heavy (non-hydrogen) atoms. The Hall–Kier alpha value is -0.870. The lowest BCUT2D eigenvalue weighted by Gasteiger charge is -2.04. The summed E-state index contributed by atoms with van der Waals surface area (Å²) in [5, 5.41) is 12.3. The molecule has 0 aromatic carbocycles. The highest BCUT2D eigenvalue weighted by Gasteiger charge is 2.07. The summed E-state index contributed by atoms with van der Waals surface area (Å²) in [5.74, 6) is 0. The molecule has 1 aromatic heterocycles. The monoisotopic (exact) mass is 155 g/mol. The minimum Gasteiger partial charge on any atom is -0.385 e. The van der Waals surface area contributed by atoms with Gasteiger partial charge in [0.25, 0.3) is 0 Å². The third kappa shape index (κ3) is 2.03. The average molecular weight is 155 g/mol. The SMILES string of the molecule is CNCC(O)c1cn(C)cn1. The predicted octanol–water partition coefficient (Wildman–Crippen LogP) is -0.327. The Morgan fingerprint density at radius 3 is 3.00 bits per heavy atom. The van der Waals surface area contributed by atoms with Gasteiger partial charge in [0, 0.05) is 19.8 Å². The van der Waals surface area contributed by atoms with Crippen molar-refractivity contribution in [3.05, 3.63) is 18.2 Å². The molecule has 0 saturated carbocycles. The van der Waals surface area contributed by atoms with Gasteiger partial charge in [-0.25, -0.2) is 4.98 Å². The quantitative estimate of drug-likeness (QED) is 0.628. The second kappa shape index (κ2) is 3.50. The van der Waals surface area contributed by atoms with Gasteiger partial charge in [-0.2, -0.15) is 0 Å². The number of imidazole rings is 1. The van der Waals surface area contributed by atoms with Gasteiger partial charge in [0.15, 0.2) is 0 Å². The van der Waals surface area contributed by atoms with E-state index in [0.717, 1.165) is 0 Å². The van der Waals surface area contributed by atoms with Crippen molar-refractivity contribution in [1.82, 2.24) is 14.9 Å². The molecule has 0 saturated heterocycles. The first-order valence-electron chi connectivity index (χ1n) is 3.54. The highest BCUT2D eigenvalue weighted by molar-refractivity contribution is 5.00. The topological polar surface area (TPSA) is 50.1 Å². The number of hydrogen-bond acceptors (Lipinski definition) is 3. The maximum atomic E-state index is 9.40. The van der Waals surface area contributed by atoms with Crippen LogP contribution in [-0.2, 0) is 7.05 Å². The van der Waals surface area contributed by atoms with Crippen molar-refractivity contribution in [2.24, 2.45) is 7.05 Å². The van der Waals surface area contributed by atoms with Crippen LogP contribution in [-0.4, -0.2) is 28.3 Å². The van der Waals surface area contributed by atoms with E-state index in [0.29, 0.717) is 12.2 Å². The van der Waals surface area contributed by atoms with Gasteiger partial charge >= 0.3 is 0 Å². The van der Waals surface area contributed by atoms with Crippen LogP contribution in [0.25, 0.3) is 0 Å². The fourth-order valence-electron chi connectivity index (χ4n) is 0.903. The Morgan fingerprint density at radius 2 is 2.55 bits per heavy atom. The lowest BCUT2D eigenvalue weighted by atomic mass is 10.3. The molecule has 2 N–H and O–H groups in total. The van der Waals surface area contributed by atoms with E-state index in [2.05, 4.69) is 10.3 Å². The molecule has 1 unspecified atom stereocenters. The van der Waals surface area contributed by atoms with Gasteiger partial charge < -0.3 is 15.0 Å². The molecule has 0 radical (unpaired) electrons. The normalized spacial score (nSPS) is 13.4. The number of hydrogen-bond donors (Lipinski definition) is 2. The third-order valence-corrected chi connectivity index (χ3v) is 1.46. The predicted molar refractivity (Wildman–Crippen MR) is 42.1 cm³/mol. The first kappa shape index (κ1) is 8.23. The maximum Gasteiger partial charge on any atom is 0.110 e. The van der Waals surface area contributed by atoms with Crippen LogP contribution >= 0.6 is 0 Å². The molecule has 62 valence electrons. The summed E-state index contributed by atoms with van der Waals surface area (Å²) in [4.78, 5) is 4.01. The molecule has 1 heterocycles. The van der Waals surface area contributed by atoms with Crippen molar-refractivity contribution in [3.8, 4) is 0 Å². The van der Waals surface area contributed by atoms with Crippen LogP contribution in [0, 0.1) is 0 Å². The van der Waals surface area contributed by atoms with E-state index in [1.54, 1.807) is 13.4 Å². The van der Waals surface area contributed by atoms with Crippen LogP contribution in [0.2, 0.25) is 0 Å². The molecule has 4 nitrogen and oxygen atoms in total. The van der Waals surface area contributed by atoms with Crippen molar-refractivity contribution < 1.29 is 5.11 Å². The van der Waals surface area contributed by atoms with Gasteiger partial charge in [0.05, 0.1) is 12.0 Å². The average Bonchev–Trinajstić information content (AvgIpc) is 2.36. The molecule has 0 spiro atoms. The van der Waals surface area contributed by atoms with Gasteiger partial charge in [-0.15, -0.1) is 0 Å². The van der Waals surface area contributed by atoms with Gasteiger partial charge in [0.1, 0.15) is 6.10 Å². The van der Waals surface area contributed by atoms with Crippen molar-refractivity contribution in [3.63, 3.8) is 0 Å². The van der Waals surface area contributed by atoms with Gasteiger partial charge in [-0.05, 0) is 7.05 Å². The first-order valence-corrected chi connectivity index (χ1v) is 3.54. The Morgan fingerprint density at radius 1 is 1.82 bits per heavy atom. The number of rotatable bonds is 3. The summed E-state index contributed by atoms with van der Waals surface area (Å²) in [6, 6.07) is 0. The molecular weight excluding hydrogens is 142 g/mol. The van der Waals surface area contributed by atoms with E-state index in [1.165, 1.54) is 0 Å². The summed E-state index contributed by atoms with van der Waals surface area (Å²) < 4.78 is 1.81. The van der Waals surface area contributed by atoms with E-state index in [1.807, 2.05) is 17.8 Å². The molecule has 1 atom stereocenters. The van der Waals surface area contributed by atoms with E-state index in [4.69, 9.17) is 0 Å². The maximum absolute atomic E-state index is 9.40. The number of aromatic nitrogens is 2. The van der Waals surface area contributed by atoms with E-state index >= 15 is 0 Å². The van der Waals surface area contributed by atoms with Crippen LogP contribution in [0.5, 0.6) is 0 Å². The number of aliphatic hydroxyl groups is 1. The molecule has 1 aromatic rings. The van der Waals surface area contributed by atoms with Gasteiger partial charge in [-0.1, -0.05) is 0 Å². The highest BCUT2D eigenvalue weighted by atomic mass is 16.3. The van der Waals surface area contributed by atoms with Crippen LogP contribution in [0.3, 0.4) is 0 Å². The van der Waals surface area contributed by atoms with Crippen LogP contribution < -0.4 is 5.32 Å². The number of likely N-dealkylation sites (N-methyl/N-ethyl adjacent to an activating group) is 1. The lowest BCUT2D eigenvalue weighted by Crippen LogP contribution is -2.16. The molecular formula is C7H13N3O. The zero-order valence-electron chi connectivity index (χ0n) is 6.78. The molecule has 0 aliphatic heterocycles. The molecule has 0 fully saturated rings. The Kier molecular flexibility index (Phi) is 2.62. The summed E-state index contributed by atoms with van der Waals surface area (Å²) in [6.45, 7) is 0.539. The van der Waals surface area contributed by atoms with Crippen molar-refractivity contribution in [2.75, 3.05) is 13.6 Å². The molecule has 0 amide bonds. The number of nitrogens with one attached hydrogen (secondary N) is 1.